The Bertz CT molecular complexity index is 595. The second-order valence-corrected chi connectivity index (χ2v) is 8.95. The van der Waals surface area contributed by atoms with E-state index in [1.807, 2.05) is 11.8 Å². The maximum absolute atomic E-state index is 11.5. The Morgan fingerprint density at radius 3 is 2.62 bits per heavy atom. The van der Waals surface area contributed by atoms with Crippen LogP contribution in [-0.4, -0.2) is 43.9 Å². The van der Waals surface area contributed by atoms with E-state index in [0.717, 1.165) is 25.0 Å². The molecule has 3 rings (SSSR count). The highest BCUT2D eigenvalue weighted by atomic mass is 32.2. The standard InChI is InChI=1S/C15H22N2O2S2/c1-21(18,19)17-9-6-12(7-10-17)16-14-8-11-20-15-5-3-2-4-13(14)15/h2-5,12,14,16H,6-11H2,1H3. The molecule has 21 heavy (non-hydrogen) atoms. The van der Waals surface area contributed by atoms with Gasteiger partial charge in [0.1, 0.15) is 0 Å². The van der Waals surface area contributed by atoms with Crippen molar-refractivity contribution in [3.8, 4) is 0 Å². The predicted molar refractivity (Wildman–Crippen MR) is 87.1 cm³/mol. The molecule has 1 N–H and O–H groups in total. The molecule has 2 aliphatic heterocycles. The lowest BCUT2D eigenvalue weighted by Crippen LogP contribution is -2.45. The highest BCUT2D eigenvalue weighted by Gasteiger charge is 2.28. The zero-order chi connectivity index (χ0) is 14.9. The van der Waals surface area contributed by atoms with Gasteiger partial charge in [-0.05, 0) is 36.6 Å². The van der Waals surface area contributed by atoms with Crippen molar-refractivity contribution in [3.63, 3.8) is 0 Å². The lowest BCUT2D eigenvalue weighted by molar-refractivity contribution is 0.271. The van der Waals surface area contributed by atoms with Crippen LogP contribution in [0.15, 0.2) is 29.2 Å². The summed E-state index contributed by atoms with van der Waals surface area (Å²) in [6, 6.07) is 9.44. The summed E-state index contributed by atoms with van der Waals surface area (Å²) in [6.45, 7) is 1.28. The number of fused-ring (bicyclic) bond motifs is 1. The van der Waals surface area contributed by atoms with E-state index in [-0.39, 0.29) is 0 Å². The molecule has 0 aliphatic carbocycles. The van der Waals surface area contributed by atoms with Crippen LogP contribution in [0.25, 0.3) is 0 Å². The molecular formula is C15H22N2O2S2. The number of piperidine rings is 1. The fourth-order valence-corrected chi connectivity index (χ4v) is 5.15. The van der Waals surface area contributed by atoms with E-state index >= 15 is 0 Å². The Balaban J connectivity index is 1.62. The summed E-state index contributed by atoms with van der Waals surface area (Å²) < 4.78 is 24.7. The average molecular weight is 326 g/mol. The van der Waals surface area contributed by atoms with Gasteiger partial charge in [-0.1, -0.05) is 18.2 Å². The fourth-order valence-electron chi connectivity index (χ4n) is 3.15. The largest absolute Gasteiger partial charge is 0.307 e. The van der Waals surface area contributed by atoms with Crippen LogP contribution < -0.4 is 5.32 Å². The summed E-state index contributed by atoms with van der Waals surface area (Å²) in [5.74, 6) is 1.15. The Morgan fingerprint density at radius 1 is 1.19 bits per heavy atom. The van der Waals surface area contributed by atoms with Crippen LogP contribution in [0, 0.1) is 0 Å². The molecular weight excluding hydrogens is 304 g/mol. The quantitative estimate of drug-likeness (QED) is 0.925. The third-order valence-corrected chi connectivity index (χ3v) is 6.74. The molecule has 116 valence electrons. The smallest absolute Gasteiger partial charge is 0.211 e. The topological polar surface area (TPSA) is 49.4 Å². The first kappa shape index (κ1) is 15.3. The van der Waals surface area contributed by atoms with Crippen molar-refractivity contribution in [3.05, 3.63) is 29.8 Å². The van der Waals surface area contributed by atoms with Crippen molar-refractivity contribution in [2.45, 2.75) is 36.2 Å². The van der Waals surface area contributed by atoms with Gasteiger partial charge in [0.2, 0.25) is 10.0 Å². The van der Waals surface area contributed by atoms with Gasteiger partial charge in [-0.15, -0.1) is 11.8 Å². The molecule has 0 saturated carbocycles. The second kappa shape index (κ2) is 6.28. The molecule has 2 aliphatic rings. The van der Waals surface area contributed by atoms with Crippen molar-refractivity contribution >= 4 is 21.8 Å². The lowest BCUT2D eigenvalue weighted by Gasteiger charge is -2.35. The number of nitrogens with zero attached hydrogens (tertiary/aromatic N) is 1. The summed E-state index contributed by atoms with van der Waals surface area (Å²) in [6.07, 6.45) is 4.25. The van der Waals surface area contributed by atoms with Crippen LogP contribution in [-0.2, 0) is 10.0 Å². The van der Waals surface area contributed by atoms with Crippen molar-refractivity contribution in [2.24, 2.45) is 0 Å². The maximum Gasteiger partial charge on any atom is 0.211 e. The Kier molecular flexibility index (Phi) is 4.59. The van der Waals surface area contributed by atoms with Gasteiger partial charge in [-0.25, -0.2) is 12.7 Å². The minimum Gasteiger partial charge on any atom is -0.307 e. The van der Waals surface area contributed by atoms with Crippen LogP contribution in [0.2, 0.25) is 0 Å². The van der Waals surface area contributed by atoms with Crippen LogP contribution in [0.1, 0.15) is 30.9 Å². The molecule has 1 aromatic carbocycles. The molecule has 6 heteroatoms. The predicted octanol–water partition coefficient (Wildman–Crippen LogP) is 2.24. The molecule has 0 aromatic heterocycles. The fraction of sp³-hybridized carbons (Fsp3) is 0.600. The van der Waals surface area contributed by atoms with Gasteiger partial charge < -0.3 is 5.32 Å². The van der Waals surface area contributed by atoms with Crippen LogP contribution in [0.3, 0.4) is 0 Å². The zero-order valence-corrected chi connectivity index (χ0v) is 13.9. The summed E-state index contributed by atoms with van der Waals surface area (Å²) in [7, 11) is -3.03. The van der Waals surface area contributed by atoms with Crippen LogP contribution in [0.4, 0.5) is 0 Å². The summed E-state index contributed by atoms with van der Waals surface area (Å²) in [5, 5.41) is 3.75. The van der Waals surface area contributed by atoms with Crippen molar-refractivity contribution in [1.82, 2.24) is 9.62 Å². The Hall–Kier alpha value is -0.560. The van der Waals surface area contributed by atoms with E-state index in [0.29, 0.717) is 25.2 Å². The summed E-state index contributed by atoms with van der Waals surface area (Å²) >= 11 is 1.93. The van der Waals surface area contributed by atoms with Gasteiger partial charge >= 0.3 is 0 Å². The summed E-state index contributed by atoms with van der Waals surface area (Å²) in [5.41, 5.74) is 1.40. The molecule has 4 nitrogen and oxygen atoms in total. The zero-order valence-electron chi connectivity index (χ0n) is 12.3. The average Bonchev–Trinajstić information content (AvgIpc) is 2.47. The molecule has 1 aromatic rings. The number of nitrogens with one attached hydrogen (secondary N) is 1. The molecule has 2 heterocycles. The number of benzene rings is 1. The first-order valence-electron chi connectivity index (χ1n) is 7.47. The molecule has 1 unspecified atom stereocenters. The van der Waals surface area contributed by atoms with Crippen LogP contribution >= 0.6 is 11.8 Å². The third-order valence-electron chi connectivity index (χ3n) is 4.32. The van der Waals surface area contributed by atoms with E-state index in [1.165, 1.54) is 16.7 Å². The SMILES string of the molecule is CS(=O)(=O)N1CCC(NC2CCSc3ccccc32)CC1. The van der Waals surface area contributed by atoms with E-state index in [9.17, 15) is 8.42 Å². The highest BCUT2D eigenvalue weighted by Crippen LogP contribution is 2.36. The van der Waals surface area contributed by atoms with Gasteiger partial charge in [0.05, 0.1) is 6.26 Å². The number of sulfonamides is 1. The molecule has 0 spiro atoms. The molecule has 1 saturated heterocycles. The van der Waals surface area contributed by atoms with Gasteiger partial charge in [0, 0.05) is 30.1 Å². The molecule has 0 amide bonds. The Morgan fingerprint density at radius 2 is 1.90 bits per heavy atom. The number of hydrogen-bond donors (Lipinski definition) is 1. The van der Waals surface area contributed by atoms with Crippen molar-refractivity contribution in [2.75, 3.05) is 25.1 Å². The minimum absolute atomic E-state index is 0.414. The molecule has 1 atom stereocenters. The maximum atomic E-state index is 11.5. The molecule has 0 radical (unpaired) electrons. The first-order chi connectivity index (χ1) is 10.0. The molecule has 0 bridgehead atoms. The monoisotopic (exact) mass is 326 g/mol. The van der Waals surface area contributed by atoms with Crippen molar-refractivity contribution in [1.29, 1.82) is 0 Å². The number of hydrogen-bond acceptors (Lipinski definition) is 4. The number of thioether (sulfide) groups is 1. The van der Waals surface area contributed by atoms with E-state index in [4.69, 9.17) is 0 Å². The van der Waals surface area contributed by atoms with E-state index in [2.05, 4.69) is 29.6 Å². The van der Waals surface area contributed by atoms with Gasteiger partial charge in [-0.3, -0.25) is 0 Å². The summed E-state index contributed by atoms with van der Waals surface area (Å²) in [4.78, 5) is 1.38. The lowest BCUT2D eigenvalue weighted by atomic mass is 9.99. The second-order valence-electron chi connectivity index (χ2n) is 5.83. The van der Waals surface area contributed by atoms with Gasteiger partial charge in [0.25, 0.3) is 0 Å². The van der Waals surface area contributed by atoms with E-state index in [1.54, 1.807) is 4.31 Å². The first-order valence-corrected chi connectivity index (χ1v) is 10.3. The normalized spacial score (nSPS) is 24.7. The van der Waals surface area contributed by atoms with Crippen LogP contribution in [0.5, 0.6) is 0 Å². The Labute approximate surface area is 131 Å². The third kappa shape index (κ3) is 3.62. The highest BCUT2D eigenvalue weighted by molar-refractivity contribution is 7.99. The minimum atomic E-state index is -3.03. The van der Waals surface area contributed by atoms with Crippen molar-refractivity contribution < 1.29 is 8.42 Å². The number of rotatable bonds is 3. The van der Waals surface area contributed by atoms with Gasteiger partial charge in [0.15, 0.2) is 0 Å². The van der Waals surface area contributed by atoms with E-state index < -0.39 is 10.0 Å². The molecule has 1 fully saturated rings. The van der Waals surface area contributed by atoms with Gasteiger partial charge in [-0.2, -0.15) is 0 Å².